The molecule has 1 aliphatic rings. The lowest BCUT2D eigenvalue weighted by Gasteiger charge is -2.23. The van der Waals surface area contributed by atoms with Crippen LogP contribution in [-0.2, 0) is 24.1 Å². The number of rotatable bonds is 8. The molecule has 0 spiro atoms. The first-order valence-corrected chi connectivity index (χ1v) is 9.86. The van der Waals surface area contributed by atoms with Gasteiger partial charge in [-0.3, -0.25) is 9.69 Å². The van der Waals surface area contributed by atoms with E-state index in [2.05, 4.69) is 9.88 Å². The Kier molecular flexibility index (Phi) is 6.22. The molecule has 0 amide bonds. The van der Waals surface area contributed by atoms with E-state index in [1.807, 2.05) is 6.92 Å². The lowest BCUT2D eigenvalue weighted by molar-refractivity contribution is 0.0817. The van der Waals surface area contributed by atoms with Gasteiger partial charge in [0.1, 0.15) is 10.7 Å². The van der Waals surface area contributed by atoms with Gasteiger partial charge in [-0.25, -0.2) is 4.98 Å². The quantitative estimate of drug-likeness (QED) is 0.749. The highest BCUT2D eigenvalue weighted by atomic mass is 32.1. The molecular weight excluding hydrogens is 338 g/mol. The van der Waals surface area contributed by atoms with E-state index in [9.17, 15) is 9.90 Å². The van der Waals surface area contributed by atoms with Crippen molar-refractivity contribution in [1.82, 2.24) is 14.9 Å². The fraction of sp³-hybridized carbons (Fsp3) is 0.667. The number of hydrogen-bond donors (Lipinski definition) is 2. The molecule has 0 aromatic carbocycles. The van der Waals surface area contributed by atoms with E-state index in [0.717, 1.165) is 29.5 Å². The normalized spacial score (nSPS) is 15.7. The first-order valence-electron chi connectivity index (χ1n) is 9.05. The van der Waals surface area contributed by atoms with E-state index in [1.54, 1.807) is 18.4 Å². The molecule has 2 aromatic heterocycles. The van der Waals surface area contributed by atoms with Gasteiger partial charge in [0.15, 0.2) is 0 Å². The number of nitrogens with one attached hydrogen (secondary N) is 1. The third-order valence-electron chi connectivity index (χ3n) is 4.80. The molecular formula is C18H27N3O3S. The number of methoxy groups -OCH3 is 1. The predicted molar refractivity (Wildman–Crippen MR) is 100 cm³/mol. The van der Waals surface area contributed by atoms with Gasteiger partial charge in [-0.05, 0) is 37.7 Å². The smallest absolute Gasteiger partial charge is 0.259 e. The van der Waals surface area contributed by atoms with Crippen LogP contribution >= 0.6 is 11.3 Å². The maximum absolute atomic E-state index is 12.6. The molecule has 2 aromatic rings. The molecule has 0 aliphatic heterocycles. The van der Waals surface area contributed by atoms with Crippen LogP contribution in [-0.4, -0.2) is 52.9 Å². The highest BCUT2D eigenvalue weighted by molar-refractivity contribution is 7.18. The molecule has 2 heterocycles. The van der Waals surface area contributed by atoms with Crippen LogP contribution < -0.4 is 5.56 Å². The van der Waals surface area contributed by atoms with Crippen molar-refractivity contribution in [2.24, 2.45) is 0 Å². The summed E-state index contributed by atoms with van der Waals surface area (Å²) in [6.45, 7) is 4.28. The van der Waals surface area contributed by atoms with Crippen LogP contribution in [0.25, 0.3) is 10.2 Å². The number of thiophene rings is 1. The Morgan fingerprint density at radius 2 is 2.20 bits per heavy atom. The predicted octanol–water partition coefficient (Wildman–Crippen LogP) is 2.08. The van der Waals surface area contributed by atoms with Crippen molar-refractivity contribution in [3.05, 3.63) is 26.6 Å². The topological polar surface area (TPSA) is 78.5 Å². The molecule has 0 fully saturated rings. The molecule has 6 nitrogen and oxygen atoms in total. The summed E-state index contributed by atoms with van der Waals surface area (Å²) in [6, 6.07) is 0. The van der Waals surface area contributed by atoms with Crippen molar-refractivity contribution >= 4 is 21.6 Å². The summed E-state index contributed by atoms with van der Waals surface area (Å²) in [6.07, 6.45) is 4.71. The van der Waals surface area contributed by atoms with E-state index in [0.29, 0.717) is 38.5 Å². The van der Waals surface area contributed by atoms with Gasteiger partial charge in [-0.1, -0.05) is 6.92 Å². The van der Waals surface area contributed by atoms with Crippen LogP contribution in [0.2, 0.25) is 0 Å². The van der Waals surface area contributed by atoms with E-state index in [1.165, 1.54) is 16.9 Å². The summed E-state index contributed by atoms with van der Waals surface area (Å²) in [5.74, 6) is 0.663. The monoisotopic (exact) mass is 365 g/mol. The SMILES string of the molecule is CCC(O)CN(CCOC)Cc1nc2sc3c(c2c(=O)[nH]1)CCCC3. The summed E-state index contributed by atoms with van der Waals surface area (Å²) in [7, 11) is 1.66. The first kappa shape index (κ1) is 18.5. The molecule has 2 N–H and O–H groups in total. The van der Waals surface area contributed by atoms with Crippen molar-refractivity contribution in [1.29, 1.82) is 0 Å². The first-order chi connectivity index (χ1) is 12.1. The second kappa shape index (κ2) is 8.40. The summed E-state index contributed by atoms with van der Waals surface area (Å²) in [5, 5.41) is 10.8. The number of fused-ring (bicyclic) bond motifs is 3. The van der Waals surface area contributed by atoms with Gasteiger partial charge in [-0.15, -0.1) is 11.3 Å². The Balaban J connectivity index is 1.85. The fourth-order valence-electron chi connectivity index (χ4n) is 3.38. The number of H-pyrrole nitrogens is 1. The van der Waals surface area contributed by atoms with E-state index in [-0.39, 0.29) is 11.7 Å². The minimum atomic E-state index is -0.388. The largest absolute Gasteiger partial charge is 0.392 e. The maximum Gasteiger partial charge on any atom is 0.259 e. The van der Waals surface area contributed by atoms with Gasteiger partial charge in [0.25, 0.3) is 5.56 Å². The Labute approximate surface area is 151 Å². The van der Waals surface area contributed by atoms with Gasteiger partial charge in [0.2, 0.25) is 0 Å². The standard InChI is InChI=1S/C18H27N3O3S/c1-3-12(22)10-21(8-9-24-2)11-15-19-17(23)16-13-6-4-5-7-14(13)25-18(16)20-15/h12,22H,3-11H2,1-2H3,(H,19,20,23). The Morgan fingerprint density at radius 1 is 1.40 bits per heavy atom. The average molecular weight is 365 g/mol. The fourth-order valence-corrected chi connectivity index (χ4v) is 4.66. The molecule has 1 aliphatic carbocycles. The van der Waals surface area contributed by atoms with Crippen molar-refractivity contribution in [2.45, 2.75) is 51.7 Å². The number of aromatic nitrogens is 2. The second-order valence-corrected chi connectivity index (χ2v) is 7.78. The van der Waals surface area contributed by atoms with Crippen molar-refractivity contribution in [3.63, 3.8) is 0 Å². The van der Waals surface area contributed by atoms with Crippen molar-refractivity contribution in [3.8, 4) is 0 Å². The van der Waals surface area contributed by atoms with E-state index >= 15 is 0 Å². The lowest BCUT2D eigenvalue weighted by Crippen LogP contribution is -2.35. The minimum Gasteiger partial charge on any atom is -0.392 e. The number of hydrogen-bond acceptors (Lipinski definition) is 6. The minimum absolute atomic E-state index is 0.0258. The van der Waals surface area contributed by atoms with E-state index < -0.39 is 0 Å². The molecule has 0 saturated carbocycles. The Bertz CT molecular complexity index is 771. The zero-order chi connectivity index (χ0) is 17.8. The molecule has 0 bridgehead atoms. The molecule has 0 saturated heterocycles. The number of nitrogens with zero attached hydrogens (tertiary/aromatic N) is 2. The van der Waals surface area contributed by atoms with Crippen LogP contribution in [0.5, 0.6) is 0 Å². The molecule has 138 valence electrons. The second-order valence-electron chi connectivity index (χ2n) is 6.69. The van der Waals surface area contributed by atoms with Crippen LogP contribution in [0.3, 0.4) is 0 Å². The van der Waals surface area contributed by atoms with Gasteiger partial charge in [-0.2, -0.15) is 0 Å². The van der Waals surface area contributed by atoms with Crippen LogP contribution in [0.4, 0.5) is 0 Å². The number of aliphatic hydroxyl groups is 1. The number of aryl methyl sites for hydroxylation is 2. The number of aliphatic hydroxyl groups excluding tert-OH is 1. The zero-order valence-electron chi connectivity index (χ0n) is 15.0. The summed E-state index contributed by atoms with van der Waals surface area (Å²) < 4.78 is 5.16. The molecule has 1 unspecified atom stereocenters. The van der Waals surface area contributed by atoms with Gasteiger partial charge in [0, 0.05) is 25.1 Å². The average Bonchev–Trinajstić information content (AvgIpc) is 2.98. The Hall–Kier alpha value is -1.28. The Morgan fingerprint density at radius 3 is 2.96 bits per heavy atom. The molecule has 1 atom stereocenters. The van der Waals surface area contributed by atoms with E-state index in [4.69, 9.17) is 9.72 Å². The molecule has 25 heavy (non-hydrogen) atoms. The highest BCUT2D eigenvalue weighted by Gasteiger charge is 2.20. The van der Waals surface area contributed by atoms with Gasteiger partial charge < -0.3 is 14.8 Å². The van der Waals surface area contributed by atoms with Gasteiger partial charge >= 0.3 is 0 Å². The molecule has 3 rings (SSSR count). The lowest BCUT2D eigenvalue weighted by atomic mass is 9.97. The zero-order valence-corrected chi connectivity index (χ0v) is 15.8. The van der Waals surface area contributed by atoms with Crippen molar-refractivity contribution in [2.75, 3.05) is 26.8 Å². The number of aromatic amines is 1. The highest BCUT2D eigenvalue weighted by Crippen LogP contribution is 2.33. The van der Waals surface area contributed by atoms with Crippen LogP contribution in [0, 0.1) is 0 Å². The van der Waals surface area contributed by atoms with Crippen LogP contribution in [0.15, 0.2) is 4.79 Å². The third-order valence-corrected chi connectivity index (χ3v) is 5.99. The summed E-state index contributed by atoms with van der Waals surface area (Å²) in [5.41, 5.74) is 1.19. The number of ether oxygens (including phenoxy) is 1. The maximum atomic E-state index is 12.6. The molecule has 7 heteroatoms. The van der Waals surface area contributed by atoms with Crippen molar-refractivity contribution < 1.29 is 9.84 Å². The summed E-state index contributed by atoms with van der Waals surface area (Å²) in [4.78, 5) is 24.6. The summed E-state index contributed by atoms with van der Waals surface area (Å²) >= 11 is 1.67. The third kappa shape index (κ3) is 4.28. The van der Waals surface area contributed by atoms with Crippen LogP contribution in [0.1, 0.15) is 42.5 Å². The molecule has 0 radical (unpaired) electrons. The van der Waals surface area contributed by atoms with Gasteiger partial charge in [0.05, 0.1) is 24.6 Å².